The molecule has 1 unspecified atom stereocenters. The molecule has 2 aromatic carbocycles. The van der Waals surface area contributed by atoms with Gasteiger partial charge in [-0.05, 0) is 72.6 Å². The Morgan fingerprint density at radius 3 is 2.26 bits per heavy atom. The number of unbranched alkanes of at least 4 members (excludes halogenated alkanes) is 3. The summed E-state index contributed by atoms with van der Waals surface area (Å²) in [6.07, 6.45) is 4.00. The van der Waals surface area contributed by atoms with Gasteiger partial charge in [0.2, 0.25) is 0 Å². The molecule has 0 aliphatic heterocycles. The number of nitrogens with one attached hydrogen (secondary N) is 1. The molecular formula is C31H47F3N2O2S. The van der Waals surface area contributed by atoms with Crippen molar-refractivity contribution < 1.29 is 22.7 Å². The molecule has 8 heteroatoms. The molecular weight excluding hydrogens is 521 g/mol. The molecule has 0 radical (unpaired) electrons. The largest absolute Gasteiger partial charge is 0.573 e. The van der Waals surface area contributed by atoms with E-state index >= 15 is 0 Å². The average Bonchev–Trinajstić information content (AvgIpc) is 3.37. The number of rotatable bonds is 14. The first-order valence-corrected chi connectivity index (χ1v) is 15.1. The van der Waals surface area contributed by atoms with Crippen molar-refractivity contribution in [3.05, 3.63) is 59.2 Å². The van der Waals surface area contributed by atoms with E-state index in [0.717, 1.165) is 63.6 Å². The highest BCUT2D eigenvalue weighted by Gasteiger charge is 2.31. The quantitative estimate of drug-likeness (QED) is 0.140. The molecule has 4 nitrogen and oxygen atoms in total. The van der Waals surface area contributed by atoms with E-state index in [1.807, 2.05) is 19.9 Å². The van der Waals surface area contributed by atoms with Crippen molar-refractivity contribution in [2.45, 2.75) is 97.4 Å². The number of aldehydes is 1. The van der Waals surface area contributed by atoms with Gasteiger partial charge in [-0.1, -0.05) is 84.6 Å². The summed E-state index contributed by atoms with van der Waals surface area (Å²) in [5.74, 6) is -0.113. The summed E-state index contributed by atoms with van der Waals surface area (Å²) in [6.45, 7) is 13.7. The first-order chi connectivity index (χ1) is 18.8. The minimum Gasteiger partial charge on any atom is -0.406 e. The van der Waals surface area contributed by atoms with Crippen LogP contribution >= 0.6 is 11.9 Å². The standard InChI is InChI=1S/C25H31F3N2O2S.C4H10.C2H6/c1-2-3-4-13-30(17-19-8-10-22(11-9-19)32-25(26,27)28)14-12-29-33-24-7-5-6-21-15-20(18-31)16-23(21)24;1-3-4-2;1-2/h5-11,18,20,29H,2-4,12-17H2,1H3;3-4H2,1-2H3;1-2H3. The first kappa shape index (κ1) is 35.0. The van der Waals surface area contributed by atoms with E-state index in [0.29, 0.717) is 6.54 Å². The van der Waals surface area contributed by atoms with Gasteiger partial charge in [0.15, 0.2) is 0 Å². The lowest BCUT2D eigenvalue weighted by atomic mass is 10.1. The van der Waals surface area contributed by atoms with Crippen LogP contribution in [0.5, 0.6) is 5.75 Å². The lowest BCUT2D eigenvalue weighted by molar-refractivity contribution is -0.274. The molecule has 0 aromatic heterocycles. The Balaban J connectivity index is 0.00000116. The minimum absolute atomic E-state index is 0.0868. The number of halogens is 3. The number of nitrogens with zero attached hydrogens (tertiary/aromatic N) is 1. The van der Waals surface area contributed by atoms with Gasteiger partial charge in [-0.15, -0.1) is 13.2 Å². The monoisotopic (exact) mass is 568 g/mol. The van der Waals surface area contributed by atoms with Gasteiger partial charge in [0, 0.05) is 30.4 Å². The van der Waals surface area contributed by atoms with Gasteiger partial charge in [-0.3, -0.25) is 9.62 Å². The highest BCUT2D eigenvalue weighted by molar-refractivity contribution is 7.97. The Bertz CT molecular complexity index is 921. The second kappa shape index (κ2) is 19.9. The maximum Gasteiger partial charge on any atom is 0.573 e. The highest BCUT2D eigenvalue weighted by atomic mass is 32.2. The number of ether oxygens (including phenoxy) is 1. The van der Waals surface area contributed by atoms with Crippen LogP contribution < -0.4 is 9.46 Å². The van der Waals surface area contributed by atoms with E-state index in [9.17, 15) is 18.0 Å². The van der Waals surface area contributed by atoms with E-state index < -0.39 is 6.36 Å². The first-order valence-electron chi connectivity index (χ1n) is 14.3. The van der Waals surface area contributed by atoms with Crippen LogP contribution in [0.2, 0.25) is 0 Å². The number of carbonyl (C=O) groups is 1. The molecule has 0 bridgehead atoms. The molecule has 0 saturated heterocycles. The van der Waals surface area contributed by atoms with Gasteiger partial charge in [-0.25, -0.2) is 0 Å². The second-order valence-corrected chi connectivity index (χ2v) is 10.3. The summed E-state index contributed by atoms with van der Waals surface area (Å²) in [4.78, 5) is 14.7. The molecule has 0 saturated carbocycles. The van der Waals surface area contributed by atoms with Crippen molar-refractivity contribution in [1.82, 2.24) is 9.62 Å². The van der Waals surface area contributed by atoms with E-state index in [1.165, 1.54) is 41.0 Å². The van der Waals surface area contributed by atoms with E-state index in [1.54, 1.807) is 24.1 Å². The third-order valence-corrected chi connectivity index (χ3v) is 7.18. The molecule has 2 aromatic rings. The van der Waals surface area contributed by atoms with E-state index in [4.69, 9.17) is 0 Å². The molecule has 39 heavy (non-hydrogen) atoms. The molecule has 220 valence electrons. The third kappa shape index (κ3) is 14.3. The van der Waals surface area contributed by atoms with Crippen LogP contribution in [0.3, 0.4) is 0 Å². The molecule has 1 atom stereocenters. The molecule has 1 N–H and O–H groups in total. The predicted molar refractivity (Wildman–Crippen MR) is 157 cm³/mol. The Kier molecular flexibility index (Phi) is 17.9. The van der Waals surface area contributed by atoms with Gasteiger partial charge < -0.3 is 9.53 Å². The summed E-state index contributed by atoms with van der Waals surface area (Å²) in [7, 11) is 0. The normalized spacial score (nSPS) is 14.1. The maximum absolute atomic E-state index is 12.4. The Labute approximate surface area is 238 Å². The Morgan fingerprint density at radius 2 is 1.67 bits per heavy atom. The predicted octanol–water partition coefficient (Wildman–Crippen LogP) is 8.62. The van der Waals surface area contributed by atoms with Crippen molar-refractivity contribution in [3.8, 4) is 5.75 Å². The van der Waals surface area contributed by atoms with Crippen molar-refractivity contribution in [2.75, 3.05) is 19.6 Å². The number of hydrogen-bond donors (Lipinski definition) is 1. The number of benzene rings is 2. The third-order valence-electron chi connectivity index (χ3n) is 6.22. The van der Waals surface area contributed by atoms with Crippen LogP contribution in [0.1, 0.15) is 83.4 Å². The molecule has 1 aliphatic carbocycles. The topological polar surface area (TPSA) is 41.6 Å². The van der Waals surface area contributed by atoms with Gasteiger partial charge in [0.05, 0.1) is 0 Å². The van der Waals surface area contributed by atoms with Crippen molar-refractivity contribution >= 4 is 18.2 Å². The van der Waals surface area contributed by atoms with E-state index in [-0.39, 0.29) is 11.7 Å². The SMILES string of the molecule is CC.CCCC.CCCCCN(CCNSc1cccc2c1CC(C=O)C2)Cc1ccc(OC(F)(F)F)cc1. The van der Waals surface area contributed by atoms with Gasteiger partial charge in [0.25, 0.3) is 0 Å². The van der Waals surface area contributed by atoms with Crippen molar-refractivity contribution in [2.24, 2.45) is 5.92 Å². The zero-order valence-electron chi connectivity index (χ0n) is 24.3. The zero-order chi connectivity index (χ0) is 29.1. The van der Waals surface area contributed by atoms with Crippen LogP contribution in [-0.4, -0.2) is 37.2 Å². The Morgan fingerprint density at radius 1 is 0.974 bits per heavy atom. The van der Waals surface area contributed by atoms with Crippen molar-refractivity contribution in [3.63, 3.8) is 0 Å². The van der Waals surface area contributed by atoms with Crippen LogP contribution in [0.4, 0.5) is 13.2 Å². The minimum atomic E-state index is -4.68. The molecule has 1 aliphatic rings. The summed E-state index contributed by atoms with van der Waals surface area (Å²) in [5.41, 5.74) is 3.49. The average molecular weight is 569 g/mol. The maximum atomic E-state index is 12.4. The lowest BCUT2D eigenvalue weighted by Crippen LogP contribution is -2.30. The van der Waals surface area contributed by atoms with Crippen LogP contribution in [-0.2, 0) is 24.2 Å². The second-order valence-electron chi connectivity index (χ2n) is 9.37. The van der Waals surface area contributed by atoms with Gasteiger partial charge in [0.1, 0.15) is 12.0 Å². The smallest absolute Gasteiger partial charge is 0.406 e. The van der Waals surface area contributed by atoms with Crippen LogP contribution in [0.15, 0.2) is 47.4 Å². The fourth-order valence-corrected chi connectivity index (χ4v) is 4.92. The summed E-state index contributed by atoms with van der Waals surface area (Å²) in [5, 5.41) is 0. The number of carbonyl (C=O) groups excluding carboxylic acids is 1. The zero-order valence-corrected chi connectivity index (χ0v) is 25.1. The van der Waals surface area contributed by atoms with Crippen LogP contribution in [0, 0.1) is 5.92 Å². The number of fused-ring (bicyclic) bond motifs is 1. The van der Waals surface area contributed by atoms with Crippen LogP contribution in [0.25, 0.3) is 0 Å². The number of hydrogen-bond acceptors (Lipinski definition) is 5. The molecule has 3 rings (SSSR count). The highest BCUT2D eigenvalue weighted by Crippen LogP contribution is 2.32. The fourth-order valence-electron chi connectivity index (χ4n) is 4.09. The number of alkyl halides is 3. The van der Waals surface area contributed by atoms with Gasteiger partial charge in [-0.2, -0.15) is 0 Å². The molecule has 0 amide bonds. The summed E-state index contributed by atoms with van der Waals surface area (Å²) >= 11 is 1.61. The molecule has 0 fully saturated rings. The lowest BCUT2D eigenvalue weighted by Gasteiger charge is -2.23. The molecule has 0 heterocycles. The van der Waals surface area contributed by atoms with Crippen molar-refractivity contribution in [1.29, 1.82) is 0 Å². The summed E-state index contributed by atoms with van der Waals surface area (Å²) < 4.78 is 44.5. The van der Waals surface area contributed by atoms with Gasteiger partial charge >= 0.3 is 6.36 Å². The fraction of sp³-hybridized carbons (Fsp3) is 0.581. The molecule has 0 spiro atoms. The Hall–Kier alpha value is -2.03. The summed E-state index contributed by atoms with van der Waals surface area (Å²) in [6, 6.07) is 12.3. The van der Waals surface area contributed by atoms with E-state index in [2.05, 4.69) is 47.3 Å².